The van der Waals surface area contributed by atoms with Crippen molar-refractivity contribution in [2.75, 3.05) is 5.88 Å². The summed E-state index contributed by atoms with van der Waals surface area (Å²) in [5, 5.41) is 19.4. The van der Waals surface area contributed by atoms with E-state index in [4.69, 9.17) is 17.3 Å². The van der Waals surface area contributed by atoms with Crippen LogP contribution in [0.25, 0.3) is 0 Å². The van der Waals surface area contributed by atoms with Gasteiger partial charge in [-0.2, -0.15) is 0 Å². The monoisotopic (exact) mass is 247 g/mol. The van der Waals surface area contributed by atoms with E-state index in [0.29, 0.717) is 11.1 Å². The maximum absolute atomic E-state index is 13.0. The number of hydrogen-bond acceptors (Lipinski definition) is 3. The third kappa shape index (κ3) is 3.15. The lowest BCUT2D eigenvalue weighted by atomic mass is 9.97. The minimum Gasteiger partial charge on any atom is -0.390 e. The fourth-order valence-corrected chi connectivity index (χ4v) is 1.73. The van der Waals surface area contributed by atoms with Crippen LogP contribution in [-0.4, -0.2) is 22.2 Å². The first-order valence-electron chi connectivity index (χ1n) is 5.00. The second kappa shape index (κ2) is 6.15. The molecule has 1 rings (SSSR count). The molecule has 0 bridgehead atoms. The topological polar surface area (TPSA) is 66.5 Å². The maximum Gasteiger partial charge on any atom is 0.123 e. The molecule has 2 atom stereocenters. The number of nitrogens with two attached hydrogens (primary N) is 1. The zero-order valence-electron chi connectivity index (χ0n) is 8.74. The molecule has 0 amide bonds. The molecule has 0 fully saturated rings. The van der Waals surface area contributed by atoms with Crippen LogP contribution < -0.4 is 5.73 Å². The molecule has 1 aromatic carbocycles. The van der Waals surface area contributed by atoms with Gasteiger partial charge >= 0.3 is 0 Å². The first-order chi connectivity index (χ1) is 7.60. The Morgan fingerprint density at radius 2 is 2.06 bits per heavy atom. The van der Waals surface area contributed by atoms with Crippen LogP contribution in [0.3, 0.4) is 0 Å². The van der Waals surface area contributed by atoms with Crippen molar-refractivity contribution in [2.24, 2.45) is 5.73 Å². The lowest BCUT2D eigenvalue weighted by Crippen LogP contribution is -2.20. The summed E-state index contributed by atoms with van der Waals surface area (Å²) in [7, 11) is 0. The Morgan fingerprint density at radius 1 is 1.38 bits per heavy atom. The summed E-state index contributed by atoms with van der Waals surface area (Å²) in [5.41, 5.74) is 6.40. The highest BCUT2D eigenvalue weighted by molar-refractivity contribution is 6.17. The number of benzene rings is 1. The van der Waals surface area contributed by atoms with E-state index in [1.807, 2.05) is 0 Å². The van der Waals surface area contributed by atoms with E-state index in [-0.39, 0.29) is 18.8 Å². The molecule has 0 saturated carbocycles. The average molecular weight is 248 g/mol. The fourth-order valence-electron chi connectivity index (χ4n) is 1.50. The molecule has 4 N–H and O–H groups in total. The second-order valence-electron chi connectivity index (χ2n) is 3.54. The van der Waals surface area contributed by atoms with Crippen LogP contribution in [0.2, 0.25) is 0 Å². The highest BCUT2D eigenvalue weighted by Crippen LogP contribution is 2.23. The zero-order chi connectivity index (χ0) is 12.1. The van der Waals surface area contributed by atoms with Gasteiger partial charge < -0.3 is 15.9 Å². The second-order valence-corrected chi connectivity index (χ2v) is 3.92. The van der Waals surface area contributed by atoms with E-state index in [0.717, 1.165) is 0 Å². The predicted molar refractivity (Wildman–Crippen MR) is 60.6 cm³/mol. The van der Waals surface area contributed by atoms with Gasteiger partial charge in [-0.05, 0) is 29.7 Å². The molecule has 2 unspecified atom stereocenters. The normalized spacial score (nSPS) is 14.8. The van der Waals surface area contributed by atoms with Gasteiger partial charge in [0.15, 0.2) is 0 Å². The summed E-state index contributed by atoms with van der Waals surface area (Å²) < 4.78 is 13.0. The van der Waals surface area contributed by atoms with Gasteiger partial charge in [0.05, 0.1) is 6.10 Å². The molecule has 16 heavy (non-hydrogen) atoms. The molecule has 1 aromatic rings. The van der Waals surface area contributed by atoms with Gasteiger partial charge in [0.1, 0.15) is 11.9 Å². The van der Waals surface area contributed by atoms with Crippen LogP contribution in [0.4, 0.5) is 4.39 Å². The van der Waals surface area contributed by atoms with Crippen molar-refractivity contribution in [3.05, 3.63) is 35.1 Å². The van der Waals surface area contributed by atoms with Crippen molar-refractivity contribution >= 4 is 11.6 Å². The highest BCUT2D eigenvalue weighted by Gasteiger charge is 2.20. The number of alkyl halides is 1. The summed E-state index contributed by atoms with van der Waals surface area (Å²) in [6.45, 7) is 0.181. The Balaban J connectivity index is 2.96. The smallest absolute Gasteiger partial charge is 0.123 e. The SMILES string of the molecule is NCc1ccc(F)cc1C(O)C(O)CCCl. The Hall–Kier alpha value is -0.680. The summed E-state index contributed by atoms with van der Waals surface area (Å²) in [4.78, 5) is 0. The van der Waals surface area contributed by atoms with Crippen LogP contribution in [-0.2, 0) is 6.54 Å². The zero-order valence-corrected chi connectivity index (χ0v) is 9.49. The van der Waals surface area contributed by atoms with Crippen molar-refractivity contribution in [1.82, 2.24) is 0 Å². The third-order valence-corrected chi connectivity index (χ3v) is 2.63. The van der Waals surface area contributed by atoms with Gasteiger partial charge in [0.25, 0.3) is 0 Å². The summed E-state index contributed by atoms with van der Waals surface area (Å²) in [6.07, 6.45) is -1.93. The van der Waals surface area contributed by atoms with Crippen molar-refractivity contribution in [2.45, 2.75) is 25.2 Å². The minimum absolute atomic E-state index is 0.181. The van der Waals surface area contributed by atoms with Gasteiger partial charge in [0.2, 0.25) is 0 Å². The van der Waals surface area contributed by atoms with Crippen LogP contribution >= 0.6 is 11.6 Å². The van der Waals surface area contributed by atoms with Gasteiger partial charge in [-0.3, -0.25) is 0 Å². The van der Waals surface area contributed by atoms with E-state index in [2.05, 4.69) is 0 Å². The Bertz CT molecular complexity index is 349. The van der Waals surface area contributed by atoms with Gasteiger partial charge in [-0.1, -0.05) is 6.07 Å². The van der Waals surface area contributed by atoms with Gasteiger partial charge in [-0.15, -0.1) is 11.6 Å². The summed E-state index contributed by atoms with van der Waals surface area (Å²) >= 11 is 5.46. The molecule has 0 aromatic heterocycles. The van der Waals surface area contributed by atoms with Crippen LogP contribution in [0.1, 0.15) is 23.7 Å². The van der Waals surface area contributed by atoms with E-state index in [1.54, 1.807) is 0 Å². The van der Waals surface area contributed by atoms with E-state index in [9.17, 15) is 14.6 Å². The Kier molecular flexibility index (Phi) is 5.15. The van der Waals surface area contributed by atoms with Crippen molar-refractivity contribution in [3.8, 4) is 0 Å². The lowest BCUT2D eigenvalue weighted by molar-refractivity contribution is 0.0163. The molecule has 3 nitrogen and oxygen atoms in total. The van der Waals surface area contributed by atoms with Crippen molar-refractivity contribution in [1.29, 1.82) is 0 Å². The largest absolute Gasteiger partial charge is 0.390 e. The van der Waals surface area contributed by atoms with E-state index >= 15 is 0 Å². The first kappa shape index (κ1) is 13.4. The fraction of sp³-hybridized carbons (Fsp3) is 0.455. The quantitative estimate of drug-likeness (QED) is 0.688. The molecule has 90 valence electrons. The number of halogens is 2. The first-order valence-corrected chi connectivity index (χ1v) is 5.54. The van der Waals surface area contributed by atoms with Gasteiger partial charge in [0, 0.05) is 12.4 Å². The average Bonchev–Trinajstić information content (AvgIpc) is 2.28. The summed E-state index contributed by atoms with van der Waals surface area (Å²) in [6, 6.07) is 3.96. The molecule has 0 heterocycles. The molecule has 0 radical (unpaired) electrons. The molecule has 5 heteroatoms. The van der Waals surface area contributed by atoms with E-state index < -0.39 is 18.0 Å². The van der Waals surface area contributed by atoms with Crippen LogP contribution in [0.15, 0.2) is 18.2 Å². The Labute approximate surface area is 98.7 Å². The molecule has 0 aliphatic rings. The summed E-state index contributed by atoms with van der Waals surface area (Å²) in [5.74, 6) is -0.241. The predicted octanol–water partition coefficient (Wildman–Crippen LogP) is 1.31. The van der Waals surface area contributed by atoms with Crippen molar-refractivity contribution in [3.63, 3.8) is 0 Å². The van der Waals surface area contributed by atoms with Gasteiger partial charge in [-0.25, -0.2) is 4.39 Å². The molecular formula is C11H15ClFNO2. The standard InChI is InChI=1S/C11H15ClFNO2/c12-4-3-10(15)11(16)9-5-8(13)2-1-7(9)6-14/h1-2,5,10-11,15-16H,3-4,6,14H2. The third-order valence-electron chi connectivity index (χ3n) is 2.42. The number of aliphatic hydroxyl groups excluding tert-OH is 2. The number of hydrogen-bond donors (Lipinski definition) is 3. The van der Waals surface area contributed by atoms with Crippen molar-refractivity contribution < 1.29 is 14.6 Å². The molecule has 0 aliphatic carbocycles. The van der Waals surface area contributed by atoms with E-state index in [1.165, 1.54) is 18.2 Å². The molecule has 0 saturated heterocycles. The molecular weight excluding hydrogens is 233 g/mol. The highest BCUT2D eigenvalue weighted by atomic mass is 35.5. The molecule has 0 aliphatic heterocycles. The number of aliphatic hydroxyl groups is 2. The maximum atomic E-state index is 13.0. The lowest BCUT2D eigenvalue weighted by Gasteiger charge is -2.19. The van der Waals surface area contributed by atoms with Crippen LogP contribution in [0, 0.1) is 5.82 Å². The minimum atomic E-state index is -1.16. The molecule has 0 spiro atoms. The Morgan fingerprint density at radius 3 is 2.62 bits per heavy atom. The van der Waals surface area contributed by atoms with Crippen LogP contribution in [0.5, 0.6) is 0 Å². The number of rotatable bonds is 5.